The molecule has 0 unspecified atom stereocenters. The number of hydrogen-bond donors (Lipinski definition) is 2. The zero-order valence-electron chi connectivity index (χ0n) is 17.3. The molecular weight excluding hydrogens is 336 g/mol. The Balaban J connectivity index is 1.81. The fourth-order valence-electron chi connectivity index (χ4n) is 3.24. The monoisotopic (exact) mass is 370 g/mol. The third kappa shape index (κ3) is 7.06. The molecule has 2 aromatic rings. The normalized spacial score (nSPS) is 12.2. The van der Waals surface area contributed by atoms with Gasteiger partial charge >= 0.3 is 0 Å². The molecule has 0 amide bonds. The lowest BCUT2D eigenvalue weighted by atomic mass is 10.1. The number of guanidine groups is 1. The van der Waals surface area contributed by atoms with E-state index in [9.17, 15) is 0 Å². The van der Waals surface area contributed by atoms with E-state index in [0.29, 0.717) is 12.1 Å². The summed E-state index contributed by atoms with van der Waals surface area (Å²) < 4.78 is 1.93. The van der Waals surface area contributed by atoms with E-state index >= 15 is 0 Å². The van der Waals surface area contributed by atoms with E-state index < -0.39 is 0 Å². The largest absolute Gasteiger partial charge is 0.355 e. The van der Waals surface area contributed by atoms with Crippen LogP contribution >= 0.6 is 0 Å². The summed E-state index contributed by atoms with van der Waals surface area (Å²) in [6.45, 7) is 12.3. The highest BCUT2D eigenvalue weighted by Crippen LogP contribution is 2.07. The molecule has 6 nitrogen and oxygen atoms in total. The Labute approximate surface area is 163 Å². The van der Waals surface area contributed by atoms with Gasteiger partial charge < -0.3 is 10.6 Å². The van der Waals surface area contributed by atoms with Crippen molar-refractivity contribution in [3.8, 4) is 0 Å². The van der Waals surface area contributed by atoms with Gasteiger partial charge in [-0.3, -0.25) is 14.6 Å². The van der Waals surface area contributed by atoms with Crippen molar-refractivity contribution in [1.82, 2.24) is 25.3 Å². The van der Waals surface area contributed by atoms with E-state index in [1.54, 1.807) is 6.20 Å². The highest BCUT2D eigenvalue weighted by atomic mass is 15.3. The molecule has 0 saturated carbocycles. The van der Waals surface area contributed by atoms with Gasteiger partial charge in [0.05, 0.1) is 6.54 Å². The number of hydrogen-bond acceptors (Lipinski definition) is 3. The van der Waals surface area contributed by atoms with E-state index in [4.69, 9.17) is 0 Å². The molecule has 0 aliphatic rings. The van der Waals surface area contributed by atoms with Gasteiger partial charge in [0.2, 0.25) is 0 Å². The zero-order chi connectivity index (χ0) is 19.6. The van der Waals surface area contributed by atoms with Crippen molar-refractivity contribution in [2.45, 2.75) is 52.9 Å². The molecule has 1 heterocycles. The Kier molecular flexibility index (Phi) is 8.33. The van der Waals surface area contributed by atoms with Crippen molar-refractivity contribution in [2.24, 2.45) is 4.99 Å². The summed E-state index contributed by atoms with van der Waals surface area (Å²) in [5, 5.41) is 11.1. The van der Waals surface area contributed by atoms with E-state index in [1.165, 1.54) is 11.1 Å². The predicted octanol–water partition coefficient (Wildman–Crippen LogP) is 2.72. The third-order valence-corrected chi connectivity index (χ3v) is 4.57. The number of rotatable bonds is 9. The van der Waals surface area contributed by atoms with Crippen LogP contribution in [0, 0.1) is 0 Å². The van der Waals surface area contributed by atoms with Crippen LogP contribution in [0.5, 0.6) is 0 Å². The second-order valence-electron chi connectivity index (χ2n) is 7.30. The molecule has 0 aliphatic carbocycles. The first-order valence-corrected chi connectivity index (χ1v) is 9.75. The standard InChI is InChI=1S/C21H34N6/c1-17(2)27(18(3)4)13-11-23-21(22-5)24-15-19-8-6-9-20(14-19)16-26-12-7-10-25-26/h6-10,12,14,17-18H,11,13,15-16H2,1-5H3,(H2,22,23,24). The van der Waals surface area contributed by atoms with Crippen molar-refractivity contribution in [1.29, 1.82) is 0 Å². The second-order valence-corrected chi connectivity index (χ2v) is 7.30. The van der Waals surface area contributed by atoms with Crippen LogP contribution in [0.2, 0.25) is 0 Å². The fourth-order valence-corrected chi connectivity index (χ4v) is 3.24. The number of nitrogens with one attached hydrogen (secondary N) is 2. The molecule has 0 atom stereocenters. The van der Waals surface area contributed by atoms with Crippen molar-refractivity contribution in [3.05, 3.63) is 53.9 Å². The summed E-state index contributed by atoms with van der Waals surface area (Å²) in [5.74, 6) is 0.833. The number of benzene rings is 1. The molecular formula is C21H34N6. The van der Waals surface area contributed by atoms with Gasteiger partial charge in [0.25, 0.3) is 0 Å². The molecule has 1 aromatic carbocycles. The number of aliphatic imine (C=N–C) groups is 1. The zero-order valence-corrected chi connectivity index (χ0v) is 17.3. The Morgan fingerprint density at radius 1 is 1.11 bits per heavy atom. The third-order valence-electron chi connectivity index (χ3n) is 4.57. The van der Waals surface area contributed by atoms with Crippen molar-refractivity contribution >= 4 is 5.96 Å². The van der Waals surface area contributed by atoms with E-state index in [2.05, 4.69) is 77.6 Å². The van der Waals surface area contributed by atoms with Gasteiger partial charge in [0, 0.05) is 51.2 Å². The molecule has 148 valence electrons. The molecule has 0 bridgehead atoms. The van der Waals surface area contributed by atoms with E-state index in [-0.39, 0.29) is 0 Å². The van der Waals surface area contributed by atoms with Crippen molar-refractivity contribution in [3.63, 3.8) is 0 Å². The summed E-state index contributed by atoms with van der Waals surface area (Å²) in [4.78, 5) is 6.81. The number of nitrogens with zero attached hydrogens (tertiary/aromatic N) is 4. The van der Waals surface area contributed by atoms with Crippen LogP contribution in [-0.2, 0) is 13.1 Å². The van der Waals surface area contributed by atoms with Crippen molar-refractivity contribution in [2.75, 3.05) is 20.1 Å². The summed E-state index contributed by atoms with van der Waals surface area (Å²) in [7, 11) is 1.81. The molecule has 27 heavy (non-hydrogen) atoms. The molecule has 6 heteroatoms. The molecule has 1 aromatic heterocycles. The van der Waals surface area contributed by atoms with Crippen LogP contribution < -0.4 is 10.6 Å². The average molecular weight is 371 g/mol. The summed E-state index contributed by atoms with van der Waals surface area (Å²) in [6.07, 6.45) is 3.79. The maximum Gasteiger partial charge on any atom is 0.191 e. The van der Waals surface area contributed by atoms with Crippen LogP contribution in [-0.4, -0.2) is 52.9 Å². The van der Waals surface area contributed by atoms with Crippen LogP contribution in [0.15, 0.2) is 47.7 Å². The Bertz CT molecular complexity index is 682. The van der Waals surface area contributed by atoms with E-state index in [0.717, 1.165) is 32.1 Å². The first-order chi connectivity index (χ1) is 13.0. The smallest absolute Gasteiger partial charge is 0.191 e. The highest BCUT2D eigenvalue weighted by molar-refractivity contribution is 5.79. The molecule has 2 N–H and O–H groups in total. The fraction of sp³-hybridized carbons (Fsp3) is 0.524. The Hall–Kier alpha value is -2.34. The molecule has 0 spiro atoms. The molecule has 0 saturated heterocycles. The second kappa shape index (κ2) is 10.7. The van der Waals surface area contributed by atoms with E-state index in [1.807, 2.05) is 24.0 Å². The first-order valence-electron chi connectivity index (χ1n) is 9.75. The topological polar surface area (TPSA) is 57.5 Å². The lowest BCUT2D eigenvalue weighted by Gasteiger charge is -2.30. The van der Waals surface area contributed by atoms with Crippen LogP contribution in [0.4, 0.5) is 0 Å². The minimum atomic E-state index is 0.541. The van der Waals surface area contributed by atoms with Gasteiger partial charge in [0.1, 0.15) is 0 Å². The minimum absolute atomic E-state index is 0.541. The quantitative estimate of drug-likeness (QED) is 0.526. The highest BCUT2D eigenvalue weighted by Gasteiger charge is 2.12. The minimum Gasteiger partial charge on any atom is -0.355 e. The van der Waals surface area contributed by atoms with Gasteiger partial charge in [-0.2, -0.15) is 5.10 Å². The van der Waals surface area contributed by atoms with Gasteiger partial charge in [0.15, 0.2) is 5.96 Å². The van der Waals surface area contributed by atoms with Crippen LogP contribution in [0.25, 0.3) is 0 Å². The first kappa shape index (κ1) is 21.0. The molecule has 0 fully saturated rings. The van der Waals surface area contributed by atoms with Gasteiger partial charge in [-0.05, 0) is 44.9 Å². The summed E-state index contributed by atoms with van der Waals surface area (Å²) in [6, 6.07) is 11.6. The maximum absolute atomic E-state index is 4.33. The van der Waals surface area contributed by atoms with Gasteiger partial charge in [-0.1, -0.05) is 24.3 Å². The molecule has 2 rings (SSSR count). The lowest BCUT2D eigenvalue weighted by molar-refractivity contribution is 0.178. The average Bonchev–Trinajstić information content (AvgIpc) is 3.13. The van der Waals surface area contributed by atoms with Gasteiger partial charge in [-0.15, -0.1) is 0 Å². The SMILES string of the molecule is CN=C(NCCN(C(C)C)C(C)C)NCc1cccc(Cn2cccn2)c1. The molecule has 0 aliphatic heterocycles. The predicted molar refractivity (Wildman–Crippen MR) is 113 cm³/mol. The Morgan fingerprint density at radius 2 is 1.85 bits per heavy atom. The van der Waals surface area contributed by atoms with Crippen molar-refractivity contribution < 1.29 is 0 Å². The maximum atomic E-state index is 4.33. The van der Waals surface area contributed by atoms with Crippen LogP contribution in [0.3, 0.4) is 0 Å². The lowest BCUT2D eigenvalue weighted by Crippen LogP contribution is -2.45. The van der Waals surface area contributed by atoms with Gasteiger partial charge in [-0.25, -0.2) is 0 Å². The number of aromatic nitrogens is 2. The molecule has 0 radical (unpaired) electrons. The Morgan fingerprint density at radius 3 is 2.48 bits per heavy atom. The van der Waals surface area contributed by atoms with Crippen LogP contribution in [0.1, 0.15) is 38.8 Å². The summed E-state index contributed by atoms with van der Waals surface area (Å²) >= 11 is 0. The summed E-state index contributed by atoms with van der Waals surface area (Å²) in [5.41, 5.74) is 2.47.